The number of hydrogen-bond acceptors (Lipinski definition) is 1. The van der Waals surface area contributed by atoms with E-state index in [0.29, 0.717) is 12.9 Å². The Bertz CT molecular complexity index is 679. The lowest BCUT2D eigenvalue weighted by Crippen LogP contribution is -2.59. The van der Waals surface area contributed by atoms with Gasteiger partial charge in [-0.05, 0) is 31.7 Å². The maximum atomic E-state index is 2.72. The summed E-state index contributed by atoms with van der Waals surface area (Å²) in [5.74, 6) is 0. The average Bonchev–Trinajstić information content (AvgIpc) is 2.83. The Morgan fingerprint density at radius 3 is 1.91 bits per heavy atom. The largest absolute Gasteiger partial charge is 0.322 e. The second-order valence-corrected chi connectivity index (χ2v) is 8.79. The highest BCUT2D eigenvalue weighted by molar-refractivity contribution is 6.84. The zero-order valence-electron chi connectivity index (χ0n) is 15.3. The second-order valence-electron chi connectivity index (χ2n) is 8.79. The average molecular weight is 305 g/mol. The van der Waals surface area contributed by atoms with Crippen LogP contribution in [0.5, 0.6) is 0 Å². The van der Waals surface area contributed by atoms with Gasteiger partial charge in [0.2, 0.25) is 0 Å². The molecule has 0 aliphatic carbocycles. The van der Waals surface area contributed by atoms with Crippen LogP contribution in [0.3, 0.4) is 0 Å². The molecule has 23 heavy (non-hydrogen) atoms. The number of fused-ring (bicyclic) bond motifs is 1. The zero-order chi connectivity index (χ0) is 16.8. The normalized spacial score (nSPS) is 19.0. The van der Waals surface area contributed by atoms with E-state index in [0.717, 1.165) is 0 Å². The first-order chi connectivity index (χ1) is 10.7. The van der Waals surface area contributed by atoms with Crippen LogP contribution in [0.15, 0.2) is 54.6 Å². The fourth-order valence-corrected chi connectivity index (χ4v) is 4.09. The number of rotatable bonds is 1. The highest BCUT2D eigenvalue weighted by atomic mass is 15.2. The van der Waals surface area contributed by atoms with Crippen molar-refractivity contribution >= 4 is 17.8 Å². The molecule has 0 spiro atoms. The summed E-state index contributed by atoms with van der Waals surface area (Å²) >= 11 is 0. The first kappa shape index (κ1) is 16.3. The second kappa shape index (κ2) is 5.52. The lowest BCUT2D eigenvalue weighted by atomic mass is 9.49. The molecule has 1 nitrogen and oxygen atoms in total. The summed E-state index contributed by atoms with van der Waals surface area (Å²) in [6, 6.07) is 20.4. The van der Waals surface area contributed by atoms with E-state index in [4.69, 9.17) is 0 Å². The Labute approximate surface area is 141 Å². The SMILES string of the molecule is CC(C)(C)[C@H]1c2ccccc2B(c2ccccc2)N1C(C)(C)C. The van der Waals surface area contributed by atoms with Crippen molar-refractivity contribution in [2.45, 2.75) is 53.1 Å². The summed E-state index contributed by atoms with van der Waals surface area (Å²) in [5, 5.41) is 0. The third-order valence-electron chi connectivity index (χ3n) is 4.85. The van der Waals surface area contributed by atoms with Crippen molar-refractivity contribution in [3.8, 4) is 0 Å². The molecule has 2 aromatic carbocycles. The summed E-state index contributed by atoms with van der Waals surface area (Å²) < 4.78 is 0. The van der Waals surface area contributed by atoms with Crippen LogP contribution in [0.1, 0.15) is 53.1 Å². The minimum atomic E-state index is 0.0947. The van der Waals surface area contributed by atoms with Gasteiger partial charge in [0.25, 0.3) is 6.85 Å². The topological polar surface area (TPSA) is 3.24 Å². The van der Waals surface area contributed by atoms with Gasteiger partial charge in [-0.2, -0.15) is 0 Å². The van der Waals surface area contributed by atoms with Gasteiger partial charge in [-0.25, -0.2) is 0 Å². The third-order valence-corrected chi connectivity index (χ3v) is 4.85. The molecular formula is C21H28BN. The van der Waals surface area contributed by atoms with E-state index in [2.05, 4.69) is 101 Å². The fourth-order valence-electron chi connectivity index (χ4n) is 4.09. The summed E-state index contributed by atoms with van der Waals surface area (Å²) in [5.41, 5.74) is 4.63. The van der Waals surface area contributed by atoms with E-state index >= 15 is 0 Å². The summed E-state index contributed by atoms with van der Waals surface area (Å²) in [6.45, 7) is 14.4. The van der Waals surface area contributed by atoms with Crippen molar-refractivity contribution in [1.29, 1.82) is 0 Å². The molecule has 2 heteroatoms. The van der Waals surface area contributed by atoms with Gasteiger partial charge in [-0.3, -0.25) is 0 Å². The first-order valence-electron chi connectivity index (χ1n) is 8.63. The maximum absolute atomic E-state index is 2.72. The van der Waals surface area contributed by atoms with E-state index in [1.165, 1.54) is 16.5 Å². The number of hydrogen-bond donors (Lipinski definition) is 0. The molecule has 120 valence electrons. The van der Waals surface area contributed by atoms with E-state index in [1.807, 2.05) is 0 Å². The van der Waals surface area contributed by atoms with E-state index in [9.17, 15) is 0 Å². The molecule has 0 amide bonds. The Balaban J connectivity index is 2.25. The van der Waals surface area contributed by atoms with Crippen LogP contribution in [0.25, 0.3) is 0 Å². The highest BCUT2D eigenvalue weighted by Gasteiger charge is 2.50. The van der Waals surface area contributed by atoms with Gasteiger partial charge in [-0.15, -0.1) is 0 Å². The van der Waals surface area contributed by atoms with Crippen LogP contribution in [-0.2, 0) is 0 Å². The molecule has 3 rings (SSSR count). The Morgan fingerprint density at radius 2 is 1.35 bits per heavy atom. The molecule has 0 N–H and O–H groups in total. The molecule has 0 fully saturated rings. The smallest absolute Gasteiger partial charge is 0.293 e. The molecule has 0 saturated carbocycles. The van der Waals surface area contributed by atoms with Crippen LogP contribution in [0, 0.1) is 5.41 Å². The van der Waals surface area contributed by atoms with Crippen molar-refractivity contribution in [3.63, 3.8) is 0 Å². The van der Waals surface area contributed by atoms with Gasteiger partial charge in [0.05, 0.1) is 0 Å². The molecule has 1 aliphatic rings. The minimum absolute atomic E-state index is 0.0947. The Kier molecular flexibility index (Phi) is 3.92. The third kappa shape index (κ3) is 2.85. The van der Waals surface area contributed by atoms with Crippen LogP contribution in [0.4, 0.5) is 0 Å². The molecule has 0 bridgehead atoms. The summed E-state index contributed by atoms with van der Waals surface area (Å²) in [6.07, 6.45) is 0. The van der Waals surface area contributed by atoms with Crippen molar-refractivity contribution in [2.24, 2.45) is 5.41 Å². The van der Waals surface area contributed by atoms with E-state index < -0.39 is 0 Å². The fraction of sp³-hybridized carbons (Fsp3) is 0.429. The molecule has 1 atom stereocenters. The maximum Gasteiger partial charge on any atom is 0.293 e. The van der Waals surface area contributed by atoms with Gasteiger partial charge < -0.3 is 4.81 Å². The molecule has 0 unspecified atom stereocenters. The number of nitrogens with zero attached hydrogens (tertiary/aromatic N) is 1. The molecular weight excluding hydrogens is 277 g/mol. The van der Waals surface area contributed by atoms with Gasteiger partial charge >= 0.3 is 0 Å². The van der Waals surface area contributed by atoms with Crippen molar-refractivity contribution in [2.75, 3.05) is 0 Å². The van der Waals surface area contributed by atoms with Gasteiger partial charge in [0.15, 0.2) is 0 Å². The minimum Gasteiger partial charge on any atom is -0.322 e. The summed E-state index contributed by atoms with van der Waals surface area (Å²) in [4.78, 5) is 2.72. The van der Waals surface area contributed by atoms with Crippen LogP contribution in [0.2, 0.25) is 0 Å². The van der Waals surface area contributed by atoms with Crippen molar-refractivity contribution in [3.05, 3.63) is 60.2 Å². The molecule has 0 radical (unpaired) electrons. The van der Waals surface area contributed by atoms with Gasteiger partial charge in [-0.1, -0.05) is 86.3 Å². The predicted octanol–water partition coefficient (Wildman–Crippen LogP) is 3.99. The monoisotopic (exact) mass is 305 g/mol. The van der Waals surface area contributed by atoms with Gasteiger partial charge in [0.1, 0.15) is 0 Å². The lowest BCUT2D eigenvalue weighted by Gasteiger charge is -2.46. The molecule has 2 aromatic rings. The molecule has 1 heterocycles. The van der Waals surface area contributed by atoms with Crippen molar-refractivity contribution in [1.82, 2.24) is 4.81 Å². The molecule has 0 aromatic heterocycles. The Morgan fingerprint density at radius 1 is 0.783 bits per heavy atom. The summed E-state index contributed by atoms with van der Waals surface area (Å²) in [7, 11) is 0. The Hall–Kier alpha value is -1.54. The van der Waals surface area contributed by atoms with Crippen molar-refractivity contribution < 1.29 is 0 Å². The van der Waals surface area contributed by atoms with Crippen LogP contribution in [-0.4, -0.2) is 17.2 Å². The lowest BCUT2D eigenvalue weighted by molar-refractivity contribution is 0.109. The highest BCUT2D eigenvalue weighted by Crippen LogP contribution is 2.44. The van der Waals surface area contributed by atoms with Crippen LogP contribution < -0.4 is 10.9 Å². The zero-order valence-corrected chi connectivity index (χ0v) is 15.3. The standard InChI is InChI=1S/C21H28BN/c1-20(2,3)19-17-14-10-11-15-18(17)22(23(19)21(4,5)6)16-12-8-7-9-13-16/h7-15,19H,1-6H3/t19-/m1/s1. The van der Waals surface area contributed by atoms with E-state index in [-0.39, 0.29) is 11.0 Å². The number of benzene rings is 2. The molecule has 0 saturated heterocycles. The van der Waals surface area contributed by atoms with Gasteiger partial charge in [0, 0.05) is 11.6 Å². The first-order valence-corrected chi connectivity index (χ1v) is 8.63. The molecule has 1 aliphatic heterocycles. The van der Waals surface area contributed by atoms with E-state index in [1.54, 1.807) is 0 Å². The predicted molar refractivity (Wildman–Crippen MR) is 102 cm³/mol. The quantitative estimate of drug-likeness (QED) is 0.720. The van der Waals surface area contributed by atoms with Crippen LogP contribution >= 0.6 is 0 Å².